The molecule has 0 atom stereocenters. The van der Waals surface area contributed by atoms with E-state index in [0.717, 1.165) is 30.8 Å². The van der Waals surface area contributed by atoms with Gasteiger partial charge >= 0.3 is 6.03 Å². The van der Waals surface area contributed by atoms with Gasteiger partial charge in [-0.05, 0) is 43.5 Å². The van der Waals surface area contributed by atoms with Gasteiger partial charge in [-0.1, -0.05) is 13.3 Å². The first-order valence-corrected chi connectivity index (χ1v) is 8.05. The van der Waals surface area contributed by atoms with Crippen LogP contribution < -0.4 is 15.5 Å². The van der Waals surface area contributed by atoms with Crippen LogP contribution in [0.1, 0.15) is 32.6 Å². The molecule has 5 nitrogen and oxygen atoms in total. The van der Waals surface area contributed by atoms with E-state index in [1.165, 1.54) is 12.8 Å². The molecular weight excluding hydrogens is 278 g/mol. The quantitative estimate of drug-likeness (QED) is 0.692. The second kappa shape index (κ2) is 7.49. The zero-order valence-electron chi connectivity index (χ0n) is 13.6. The molecule has 1 aliphatic rings. The van der Waals surface area contributed by atoms with Crippen LogP contribution in [0, 0.1) is 5.41 Å². The summed E-state index contributed by atoms with van der Waals surface area (Å²) in [5, 5.41) is 14.9. The molecule has 0 bridgehead atoms. The van der Waals surface area contributed by atoms with Crippen LogP contribution in [0.3, 0.4) is 0 Å². The van der Waals surface area contributed by atoms with Gasteiger partial charge in [0.1, 0.15) is 0 Å². The van der Waals surface area contributed by atoms with Crippen molar-refractivity contribution in [2.75, 3.05) is 37.0 Å². The van der Waals surface area contributed by atoms with E-state index in [0.29, 0.717) is 6.54 Å². The normalized spacial score (nSPS) is 15.2. The molecule has 2 rings (SSSR count). The largest absolute Gasteiger partial charge is 0.396 e. The molecule has 0 radical (unpaired) electrons. The number of hydrogen-bond acceptors (Lipinski definition) is 3. The first-order valence-electron chi connectivity index (χ1n) is 8.05. The minimum Gasteiger partial charge on any atom is -0.396 e. The molecule has 122 valence electrons. The highest BCUT2D eigenvalue weighted by Gasteiger charge is 2.42. The minimum atomic E-state index is -0.216. The second-order valence-electron chi connectivity index (χ2n) is 6.29. The summed E-state index contributed by atoms with van der Waals surface area (Å²) in [4.78, 5) is 14.1. The number of aliphatic hydroxyl groups is 1. The highest BCUT2D eigenvalue weighted by molar-refractivity contribution is 5.89. The number of unbranched alkanes of at least 4 members (excludes halogenated alkanes) is 1. The van der Waals surface area contributed by atoms with Crippen molar-refractivity contribution in [1.82, 2.24) is 5.32 Å². The number of carbonyl (C=O) groups excluding carboxylic acids is 1. The first-order chi connectivity index (χ1) is 10.6. The zero-order chi connectivity index (χ0) is 16.0. The lowest BCUT2D eigenvalue weighted by Crippen LogP contribution is -2.35. The summed E-state index contributed by atoms with van der Waals surface area (Å²) in [6.07, 6.45) is 4.33. The Kier molecular flexibility index (Phi) is 5.66. The summed E-state index contributed by atoms with van der Waals surface area (Å²) in [7, 11) is 2.08. The van der Waals surface area contributed by atoms with Crippen LogP contribution in [0.2, 0.25) is 0 Å². The lowest BCUT2D eigenvalue weighted by molar-refractivity contribution is 0.206. The van der Waals surface area contributed by atoms with Crippen molar-refractivity contribution in [3.8, 4) is 0 Å². The van der Waals surface area contributed by atoms with Crippen molar-refractivity contribution in [3.05, 3.63) is 24.3 Å². The Balaban J connectivity index is 1.79. The topological polar surface area (TPSA) is 64.6 Å². The van der Waals surface area contributed by atoms with Crippen LogP contribution in [0.5, 0.6) is 0 Å². The van der Waals surface area contributed by atoms with Gasteiger partial charge in [-0.15, -0.1) is 0 Å². The standard InChI is InChI=1S/C17H27N3O2/c1-3-4-11-20(2)15-7-5-14(6-8-15)19-16(22)18-12-17(13-21)9-10-17/h5-8,21H,3-4,9-13H2,1-2H3,(H2,18,19,22). The molecule has 22 heavy (non-hydrogen) atoms. The third-order valence-corrected chi connectivity index (χ3v) is 4.33. The number of rotatable bonds is 8. The van der Waals surface area contributed by atoms with E-state index in [1.54, 1.807) is 0 Å². The van der Waals surface area contributed by atoms with Crippen LogP contribution in [-0.2, 0) is 0 Å². The Bertz CT molecular complexity index is 483. The fourth-order valence-electron chi connectivity index (χ4n) is 2.33. The molecule has 0 spiro atoms. The van der Waals surface area contributed by atoms with Gasteiger partial charge in [-0.25, -0.2) is 4.79 Å². The second-order valence-corrected chi connectivity index (χ2v) is 6.29. The summed E-state index contributed by atoms with van der Waals surface area (Å²) in [6, 6.07) is 7.64. The lowest BCUT2D eigenvalue weighted by atomic mass is 10.1. The molecule has 1 aromatic carbocycles. The summed E-state index contributed by atoms with van der Waals surface area (Å²) in [5.74, 6) is 0. The smallest absolute Gasteiger partial charge is 0.319 e. The van der Waals surface area contributed by atoms with Gasteiger partial charge in [0, 0.05) is 36.9 Å². The fourth-order valence-corrected chi connectivity index (χ4v) is 2.33. The summed E-state index contributed by atoms with van der Waals surface area (Å²) in [5.41, 5.74) is 1.86. The molecule has 0 unspecified atom stereocenters. The number of carbonyl (C=O) groups is 1. The highest BCUT2D eigenvalue weighted by Crippen LogP contribution is 2.44. The molecule has 0 aromatic heterocycles. The number of hydrogen-bond donors (Lipinski definition) is 3. The van der Waals surface area contributed by atoms with Crippen molar-refractivity contribution < 1.29 is 9.90 Å². The molecule has 1 fully saturated rings. The van der Waals surface area contributed by atoms with Gasteiger partial charge in [0.2, 0.25) is 0 Å². The van der Waals surface area contributed by atoms with Crippen LogP contribution in [0.15, 0.2) is 24.3 Å². The maximum atomic E-state index is 11.8. The van der Waals surface area contributed by atoms with Crippen LogP contribution >= 0.6 is 0 Å². The predicted molar refractivity (Wildman–Crippen MR) is 90.4 cm³/mol. The average Bonchev–Trinajstić information content (AvgIpc) is 3.32. The van der Waals surface area contributed by atoms with Gasteiger partial charge in [0.15, 0.2) is 0 Å². The zero-order valence-corrected chi connectivity index (χ0v) is 13.6. The third kappa shape index (κ3) is 4.63. The van der Waals surface area contributed by atoms with Crippen LogP contribution in [0.25, 0.3) is 0 Å². The van der Waals surface area contributed by atoms with Crippen molar-refractivity contribution in [1.29, 1.82) is 0 Å². The molecular formula is C17H27N3O2. The third-order valence-electron chi connectivity index (χ3n) is 4.33. The Hall–Kier alpha value is -1.75. The summed E-state index contributed by atoms with van der Waals surface area (Å²) >= 11 is 0. The Morgan fingerprint density at radius 3 is 2.55 bits per heavy atom. The number of nitrogens with zero attached hydrogens (tertiary/aromatic N) is 1. The number of urea groups is 1. The number of anilines is 2. The maximum Gasteiger partial charge on any atom is 0.319 e. The van der Waals surface area contributed by atoms with Crippen molar-refractivity contribution in [3.63, 3.8) is 0 Å². The molecule has 1 aromatic rings. The highest BCUT2D eigenvalue weighted by atomic mass is 16.3. The van der Waals surface area contributed by atoms with Gasteiger partial charge in [-0.3, -0.25) is 0 Å². The summed E-state index contributed by atoms with van der Waals surface area (Å²) < 4.78 is 0. The number of nitrogens with one attached hydrogen (secondary N) is 2. The van der Waals surface area contributed by atoms with Crippen molar-refractivity contribution in [2.24, 2.45) is 5.41 Å². The van der Waals surface area contributed by atoms with Crippen LogP contribution in [0.4, 0.5) is 16.2 Å². The van der Waals surface area contributed by atoms with E-state index in [4.69, 9.17) is 0 Å². The SMILES string of the molecule is CCCCN(C)c1ccc(NC(=O)NCC2(CO)CC2)cc1. The van der Waals surface area contributed by atoms with E-state index >= 15 is 0 Å². The van der Waals surface area contributed by atoms with E-state index in [9.17, 15) is 9.90 Å². The molecule has 0 aliphatic heterocycles. The van der Waals surface area contributed by atoms with Gasteiger partial charge < -0.3 is 20.6 Å². The van der Waals surface area contributed by atoms with E-state index in [1.807, 2.05) is 24.3 Å². The Labute approximate surface area is 132 Å². The van der Waals surface area contributed by atoms with Gasteiger partial charge in [-0.2, -0.15) is 0 Å². The van der Waals surface area contributed by atoms with Gasteiger partial charge in [0.05, 0.1) is 6.61 Å². The Morgan fingerprint density at radius 2 is 2.00 bits per heavy atom. The van der Waals surface area contributed by atoms with E-state index in [-0.39, 0.29) is 18.1 Å². The van der Waals surface area contributed by atoms with Gasteiger partial charge in [0.25, 0.3) is 0 Å². The number of amides is 2. The van der Waals surface area contributed by atoms with Crippen molar-refractivity contribution >= 4 is 17.4 Å². The maximum absolute atomic E-state index is 11.8. The number of aliphatic hydroxyl groups excluding tert-OH is 1. The Morgan fingerprint density at radius 1 is 1.32 bits per heavy atom. The molecule has 2 amide bonds. The minimum absolute atomic E-state index is 0.0663. The molecule has 5 heteroatoms. The fraction of sp³-hybridized carbons (Fsp3) is 0.588. The molecule has 0 heterocycles. The first kappa shape index (κ1) is 16.6. The molecule has 3 N–H and O–H groups in total. The van der Waals surface area contributed by atoms with Crippen molar-refractivity contribution in [2.45, 2.75) is 32.6 Å². The summed E-state index contributed by atoms with van der Waals surface area (Å²) in [6.45, 7) is 3.90. The predicted octanol–water partition coefficient (Wildman–Crippen LogP) is 2.82. The monoisotopic (exact) mass is 305 g/mol. The van der Waals surface area contributed by atoms with Crippen LogP contribution in [-0.4, -0.2) is 37.9 Å². The number of benzene rings is 1. The molecule has 1 aliphatic carbocycles. The van der Waals surface area contributed by atoms with E-state index in [2.05, 4.69) is 29.5 Å². The molecule has 0 saturated heterocycles. The molecule has 1 saturated carbocycles. The lowest BCUT2D eigenvalue weighted by Gasteiger charge is -2.19. The average molecular weight is 305 g/mol. The van der Waals surface area contributed by atoms with E-state index < -0.39 is 0 Å².